The Labute approximate surface area is 124 Å². The third kappa shape index (κ3) is 4.22. The molecule has 0 aliphatic carbocycles. The first-order chi connectivity index (χ1) is 9.56. The maximum Gasteiger partial charge on any atom is 0.0396 e. The van der Waals surface area contributed by atoms with E-state index in [1.54, 1.807) is 0 Å². The first-order valence-corrected chi connectivity index (χ1v) is 7.82. The van der Waals surface area contributed by atoms with E-state index in [0.717, 1.165) is 19.6 Å². The van der Waals surface area contributed by atoms with E-state index in [0.29, 0.717) is 6.04 Å². The van der Waals surface area contributed by atoms with Crippen LogP contribution in [0.25, 0.3) is 0 Å². The van der Waals surface area contributed by atoms with Gasteiger partial charge < -0.3 is 15.1 Å². The van der Waals surface area contributed by atoms with Gasteiger partial charge in [-0.2, -0.15) is 0 Å². The minimum absolute atomic E-state index is 0.538. The van der Waals surface area contributed by atoms with Gasteiger partial charge >= 0.3 is 0 Å². The molecule has 3 heteroatoms. The van der Waals surface area contributed by atoms with E-state index in [-0.39, 0.29) is 0 Å². The quantitative estimate of drug-likeness (QED) is 0.911. The van der Waals surface area contributed by atoms with Gasteiger partial charge in [0.1, 0.15) is 0 Å². The highest BCUT2D eigenvalue weighted by Gasteiger charge is 2.14. The van der Waals surface area contributed by atoms with Crippen molar-refractivity contribution in [1.82, 2.24) is 10.2 Å². The number of aryl methyl sites for hydroxylation is 1. The molecule has 0 spiro atoms. The topological polar surface area (TPSA) is 18.5 Å². The highest BCUT2D eigenvalue weighted by Crippen LogP contribution is 2.22. The molecule has 0 atom stereocenters. The van der Waals surface area contributed by atoms with Crippen molar-refractivity contribution >= 4 is 5.69 Å². The Morgan fingerprint density at radius 1 is 1.15 bits per heavy atom. The number of nitrogens with zero attached hydrogens (tertiary/aromatic N) is 2. The van der Waals surface area contributed by atoms with Crippen LogP contribution in [0.5, 0.6) is 0 Å². The van der Waals surface area contributed by atoms with E-state index < -0.39 is 0 Å². The number of nitrogens with one attached hydrogen (secondary N) is 1. The summed E-state index contributed by atoms with van der Waals surface area (Å²) in [7, 11) is 2.22. The average molecular weight is 275 g/mol. The first-order valence-electron chi connectivity index (χ1n) is 7.82. The molecule has 0 saturated carbocycles. The van der Waals surface area contributed by atoms with Crippen molar-refractivity contribution in [2.45, 2.75) is 39.8 Å². The van der Waals surface area contributed by atoms with E-state index in [9.17, 15) is 0 Å². The number of likely N-dealkylation sites (N-methyl/N-ethyl adjacent to an activating group) is 1. The van der Waals surface area contributed by atoms with Crippen LogP contribution in [0.3, 0.4) is 0 Å². The minimum atomic E-state index is 0.538. The molecule has 0 aromatic heterocycles. The fourth-order valence-electron chi connectivity index (χ4n) is 2.79. The normalized spacial score (nSPS) is 17.6. The summed E-state index contributed by atoms with van der Waals surface area (Å²) < 4.78 is 0. The molecular weight excluding hydrogens is 246 g/mol. The molecule has 0 amide bonds. The van der Waals surface area contributed by atoms with E-state index in [4.69, 9.17) is 0 Å². The molecule has 1 heterocycles. The Morgan fingerprint density at radius 2 is 1.95 bits per heavy atom. The van der Waals surface area contributed by atoms with Crippen LogP contribution in [0, 0.1) is 6.92 Å². The zero-order valence-electron chi connectivity index (χ0n) is 13.4. The lowest BCUT2D eigenvalue weighted by molar-refractivity contribution is 0.360. The Morgan fingerprint density at radius 3 is 2.65 bits per heavy atom. The summed E-state index contributed by atoms with van der Waals surface area (Å²) in [5.41, 5.74) is 4.19. The second-order valence-corrected chi connectivity index (χ2v) is 6.30. The molecule has 1 aliphatic heterocycles. The predicted molar refractivity (Wildman–Crippen MR) is 87.5 cm³/mol. The SMILES string of the molecule is Cc1cc(CNC(C)C)ccc1N1CCCN(C)CC1. The Bertz CT molecular complexity index is 428. The molecule has 3 nitrogen and oxygen atoms in total. The smallest absolute Gasteiger partial charge is 0.0396 e. The number of hydrogen-bond acceptors (Lipinski definition) is 3. The standard InChI is InChI=1S/C17H29N3/c1-14(2)18-13-16-6-7-17(15(3)12-16)20-9-5-8-19(4)10-11-20/h6-7,12,14,18H,5,8-11,13H2,1-4H3. The molecule has 0 unspecified atom stereocenters. The second-order valence-electron chi connectivity index (χ2n) is 6.30. The molecule has 1 N–H and O–H groups in total. The number of rotatable bonds is 4. The third-order valence-corrected chi connectivity index (χ3v) is 4.04. The van der Waals surface area contributed by atoms with Crippen LogP contribution in [0.1, 0.15) is 31.4 Å². The molecule has 1 fully saturated rings. The van der Waals surface area contributed by atoms with E-state index in [2.05, 4.69) is 61.1 Å². The summed E-state index contributed by atoms with van der Waals surface area (Å²) >= 11 is 0. The van der Waals surface area contributed by atoms with E-state index >= 15 is 0 Å². The second kappa shape index (κ2) is 7.09. The summed E-state index contributed by atoms with van der Waals surface area (Å²) in [6.07, 6.45) is 1.26. The molecule has 112 valence electrons. The van der Waals surface area contributed by atoms with Crippen molar-refractivity contribution < 1.29 is 0 Å². The van der Waals surface area contributed by atoms with Crippen LogP contribution in [0.2, 0.25) is 0 Å². The highest BCUT2D eigenvalue weighted by molar-refractivity contribution is 5.54. The van der Waals surface area contributed by atoms with Gasteiger partial charge in [0.2, 0.25) is 0 Å². The lowest BCUT2D eigenvalue weighted by Crippen LogP contribution is -2.29. The fourth-order valence-corrected chi connectivity index (χ4v) is 2.79. The molecule has 1 aromatic rings. The first kappa shape index (κ1) is 15.3. The minimum Gasteiger partial charge on any atom is -0.370 e. The van der Waals surface area contributed by atoms with Crippen LogP contribution < -0.4 is 10.2 Å². The molecule has 1 aliphatic rings. The van der Waals surface area contributed by atoms with Gasteiger partial charge in [0.25, 0.3) is 0 Å². The highest BCUT2D eigenvalue weighted by atomic mass is 15.2. The number of benzene rings is 1. The van der Waals surface area contributed by atoms with Gasteiger partial charge in [0.05, 0.1) is 0 Å². The lowest BCUT2D eigenvalue weighted by Gasteiger charge is -2.25. The van der Waals surface area contributed by atoms with Gasteiger partial charge in [-0.1, -0.05) is 26.0 Å². The van der Waals surface area contributed by atoms with Crippen molar-refractivity contribution in [2.75, 3.05) is 38.1 Å². The van der Waals surface area contributed by atoms with Crippen LogP contribution >= 0.6 is 0 Å². The predicted octanol–water partition coefficient (Wildman–Crippen LogP) is 2.63. The summed E-state index contributed by atoms with van der Waals surface area (Å²) in [4.78, 5) is 4.97. The Hall–Kier alpha value is -1.06. The summed E-state index contributed by atoms with van der Waals surface area (Å²) in [6.45, 7) is 12.3. The molecular formula is C17H29N3. The maximum absolute atomic E-state index is 3.48. The monoisotopic (exact) mass is 275 g/mol. The van der Waals surface area contributed by atoms with Crippen molar-refractivity contribution in [3.8, 4) is 0 Å². The van der Waals surface area contributed by atoms with Crippen LogP contribution in [0.4, 0.5) is 5.69 Å². The fraction of sp³-hybridized carbons (Fsp3) is 0.647. The van der Waals surface area contributed by atoms with Crippen molar-refractivity contribution in [3.63, 3.8) is 0 Å². The third-order valence-electron chi connectivity index (χ3n) is 4.04. The van der Waals surface area contributed by atoms with Crippen LogP contribution in [-0.4, -0.2) is 44.2 Å². The zero-order chi connectivity index (χ0) is 14.5. The molecule has 0 bridgehead atoms. The largest absolute Gasteiger partial charge is 0.370 e. The van der Waals surface area contributed by atoms with Crippen molar-refractivity contribution in [3.05, 3.63) is 29.3 Å². The van der Waals surface area contributed by atoms with Gasteiger partial charge in [-0.3, -0.25) is 0 Å². The van der Waals surface area contributed by atoms with Gasteiger partial charge in [0, 0.05) is 37.9 Å². The van der Waals surface area contributed by atoms with Gasteiger partial charge in [-0.25, -0.2) is 0 Å². The molecule has 1 saturated heterocycles. The molecule has 0 radical (unpaired) electrons. The Balaban J connectivity index is 2.05. The molecule has 20 heavy (non-hydrogen) atoms. The van der Waals surface area contributed by atoms with Gasteiger partial charge in [0.15, 0.2) is 0 Å². The Kier molecular flexibility index (Phi) is 5.44. The van der Waals surface area contributed by atoms with Crippen LogP contribution in [0.15, 0.2) is 18.2 Å². The summed E-state index contributed by atoms with van der Waals surface area (Å²) in [5.74, 6) is 0. The summed E-state index contributed by atoms with van der Waals surface area (Å²) in [5, 5.41) is 3.48. The summed E-state index contributed by atoms with van der Waals surface area (Å²) in [6, 6.07) is 7.44. The van der Waals surface area contributed by atoms with Crippen LogP contribution in [-0.2, 0) is 6.54 Å². The van der Waals surface area contributed by atoms with Gasteiger partial charge in [-0.15, -0.1) is 0 Å². The van der Waals surface area contributed by atoms with Crippen molar-refractivity contribution in [1.29, 1.82) is 0 Å². The van der Waals surface area contributed by atoms with Crippen molar-refractivity contribution in [2.24, 2.45) is 0 Å². The zero-order valence-corrected chi connectivity index (χ0v) is 13.4. The average Bonchev–Trinajstić information content (AvgIpc) is 2.61. The number of hydrogen-bond donors (Lipinski definition) is 1. The lowest BCUT2D eigenvalue weighted by atomic mass is 10.1. The molecule has 1 aromatic carbocycles. The van der Waals surface area contributed by atoms with Gasteiger partial charge in [-0.05, 0) is 44.1 Å². The maximum atomic E-state index is 3.48. The van der Waals surface area contributed by atoms with E-state index in [1.165, 1.54) is 36.3 Å². The molecule has 2 rings (SSSR count). The number of anilines is 1. The van der Waals surface area contributed by atoms with E-state index in [1.807, 2.05) is 0 Å².